The van der Waals surface area contributed by atoms with E-state index in [9.17, 15) is 9.59 Å². The van der Waals surface area contributed by atoms with Gasteiger partial charge in [-0.3, -0.25) is 9.59 Å². The van der Waals surface area contributed by atoms with Crippen LogP contribution in [0.4, 0.5) is 0 Å². The van der Waals surface area contributed by atoms with Crippen LogP contribution in [0.2, 0.25) is 5.02 Å². The largest absolute Gasteiger partial charge is 0.467 e. The Labute approximate surface area is 167 Å². The van der Waals surface area contributed by atoms with Crippen LogP contribution in [0.1, 0.15) is 11.3 Å². The van der Waals surface area contributed by atoms with Crippen LogP contribution in [-0.4, -0.2) is 35.0 Å². The molecule has 4 heterocycles. The highest BCUT2D eigenvalue weighted by Crippen LogP contribution is 2.52. The lowest BCUT2D eigenvalue weighted by molar-refractivity contribution is -0.138. The summed E-state index contributed by atoms with van der Waals surface area (Å²) in [6, 6.07) is 10.9. The van der Waals surface area contributed by atoms with Crippen molar-refractivity contribution in [3.63, 3.8) is 0 Å². The molecular formula is C21H19ClN2O4. The van der Waals surface area contributed by atoms with Crippen molar-refractivity contribution < 1.29 is 18.7 Å². The summed E-state index contributed by atoms with van der Waals surface area (Å²) in [6.07, 6.45) is 5.09. The first kappa shape index (κ1) is 17.5. The zero-order chi connectivity index (χ0) is 19.3. The number of nitrogens with one attached hydrogen (secondary N) is 1. The van der Waals surface area contributed by atoms with Crippen LogP contribution in [0.25, 0.3) is 0 Å². The molecule has 2 fully saturated rings. The van der Waals surface area contributed by atoms with Crippen molar-refractivity contribution in [2.24, 2.45) is 11.8 Å². The first-order chi connectivity index (χ1) is 13.6. The first-order valence-corrected chi connectivity index (χ1v) is 9.64. The third-order valence-corrected chi connectivity index (χ3v) is 6.04. The fourth-order valence-electron chi connectivity index (χ4n) is 4.51. The summed E-state index contributed by atoms with van der Waals surface area (Å²) in [6.45, 7) is 1.20. The third kappa shape index (κ3) is 2.75. The second kappa shape index (κ2) is 6.50. The van der Waals surface area contributed by atoms with E-state index in [0.29, 0.717) is 30.4 Å². The molecule has 2 aromatic rings. The molecule has 2 bridgehead atoms. The monoisotopic (exact) mass is 398 g/mol. The number of furan rings is 1. The molecule has 1 aromatic carbocycles. The van der Waals surface area contributed by atoms with Gasteiger partial charge in [-0.25, -0.2) is 0 Å². The highest BCUT2D eigenvalue weighted by atomic mass is 35.5. The van der Waals surface area contributed by atoms with Crippen LogP contribution in [0, 0.1) is 11.8 Å². The quantitative estimate of drug-likeness (QED) is 0.785. The van der Waals surface area contributed by atoms with Crippen molar-refractivity contribution in [1.82, 2.24) is 10.2 Å². The molecule has 4 atom stereocenters. The van der Waals surface area contributed by atoms with Gasteiger partial charge in [-0.15, -0.1) is 0 Å². The van der Waals surface area contributed by atoms with Crippen molar-refractivity contribution in [1.29, 1.82) is 0 Å². The van der Waals surface area contributed by atoms with Crippen molar-refractivity contribution in [2.45, 2.75) is 24.8 Å². The van der Waals surface area contributed by atoms with Gasteiger partial charge in [0.15, 0.2) is 0 Å². The highest BCUT2D eigenvalue weighted by Gasteiger charge is 2.66. The van der Waals surface area contributed by atoms with Crippen molar-refractivity contribution in [3.05, 3.63) is 71.2 Å². The van der Waals surface area contributed by atoms with E-state index in [2.05, 4.69) is 5.32 Å². The predicted octanol–water partition coefficient (Wildman–Crippen LogP) is 2.53. The number of halogens is 1. The number of amides is 2. The Bertz CT molecular complexity index is 940. The van der Waals surface area contributed by atoms with Gasteiger partial charge in [0.25, 0.3) is 0 Å². The molecule has 2 saturated heterocycles. The van der Waals surface area contributed by atoms with E-state index >= 15 is 0 Å². The molecule has 5 rings (SSSR count). The Morgan fingerprint density at radius 1 is 1.29 bits per heavy atom. The van der Waals surface area contributed by atoms with Crippen molar-refractivity contribution >= 4 is 23.4 Å². The topological polar surface area (TPSA) is 71.8 Å². The van der Waals surface area contributed by atoms with E-state index in [1.165, 1.54) is 0 Å². The SMILES string of the molecule is O=C(NCc1ccc(Cl)cc1)C1C2C=CC3(CN(Cc4ccco4)C(=O)C13)O2. The van der Waals surface area contributed by atoms with Gasteiger partial charge in [-0.1, -0.05) is 35.9 Å². The molecule has 3 aliphatic rings. The molecule has 0 saturated carbocycles. The van der Waals surface area contributed by atoms with E-state index in [4.69, 9.17) is 20.8 Å². The third-order valence-electron chi connectivity index (χ3n) is 5.79. The molecule has 6 nitrogen and oxygen atoms in total. The number of likely N-dealkylation sites (tertiary alicyclic amines) is 1. The fourth-order valence-corrected chi connectivity index (χ4v) is 4.64. The number of carbonyl (C=O) groups excluding carboxylic acids is 2. The van der Waals surface area contributed by atoms with E-state index in [1.54, 1.807) is 29.4 Å². The molecule has 4 unspecified atom stereocenters. The summed E-state index contributed by atoms with van der Waals surface area (Å²) in [5, 5.41) is 3.60. The van der Waals surface area contributed by atoms with Crippen molar-refractivity contribution in [3.8, 4) is 0 Å². The van der Waals surface area contributed by atoms with Gasteiger partial charge >= 0.3 is 0 Å². The molecule has 1 spiro atoms. The minimum atomic E-state index is -0.712. The Morgan fingerprint density at radius 2 is 2.11 bits per heavy atom. The predicted molar refractivity (Wildman–Crippen MR) is 101 cm³/mol. The Balaban J connectivity index is 1.32. The van der Waals surface area contributed by atoms with Gasteiger partial charge in [0.1, 0.15) is 11.4 Å². The average Bonchev–Trinajstić information content (AvgIpc) is 3.45. The standard InChI is InChI=1S/C21H19ClN2O4/c22-14-5-3-13(4-6-14)10-23-19(25)17-16-7-8-21(28-16)12-24(20(26)18(17)21)11-15-2-1-9-27-15/h1-9,16-18H,10-12H2,(H,23,25). The zero-order valence-electron chi connectivity index (χ0n) is 15.0. The summed E-state index contributed by atoms with van der Waals surface area (Å²) < 4.78 is 11.5. The van der Waals surface area contributed by atoms with Crippen LogP contribution < -0.4 is 5.32 Å². The van der Waals surface area contributed by atoms with Crippen LogP contribution in [-0.2, 0) is 27.4 Å². The van der Waals surface area contributed by atoms with Gasteiger partial charge in [0.05, 0.1) is 37.3 Å². The summed E-state index contributed by atoms with van der Waals surface area (Å²) in [7, 11) is 0. The lowest BCUT2D eigenvalue weighted by Gasteiger charge is -2.23. The highest BCUT2D eigenvalue weighted by molar-refractivity contribution is 6.30. The van der Waals surface area contributed by atoms with Gasteiger partial charge in [0.2, 0.25) is 11.8 Å². The number of ether oxygens (including phenoxy) is 1. The normalized spacial score (nSPS) is 30.1. The number of hydrogen-bond acceptors (Lipinski definition) is 4. The smallest absolute Gasteiger partial charge is 0.230 e. The number of hydrogen-bond donors (Lipinski definition) is 1. The number of benzene rings is 1. The van der Waals surface area contributed by atoms with Gasteiger partial charge in [0, 0.05) is 11.6 Å². The summed E-state index contributed by atoms with van der Waals surface area (Å²) >= 11 is 5.90. The van der Waals surface area contributed by atoms with Crippen LogP contribution in [0.15, 0.2) is 59.2 Å². The molecule has 7 heteroatoms. The molecule has 1 aromatic heterocycles. The Morgan fingerprint density at radius 3 is 2.86 bits per heavy atom. The number of rotatable bonds is 5. The van der Waals surface area contributed by atoms with Gasteiger partial charge < -0.3 is 19.4 Å². The molecule has 2 amide bonds. The van der Waals surface area contributed by atoms with Gasteiger partial charge in [-0.2, -0.15) is 0 Å². The van der Waals surface area contributed by atoms with Crippen LogP contribution in [0.5, 0.6) is 0 Å². The lowest BCUT2D eigenvalue weighted by Crippen LogP contribution is -2.43. The van der Waals surface area contributed by atoms with E-state index in [-0.39, 0.29) is 17.9 Å². The molecule has 0 aliphatic carbocycles. The van der Waals surface area contributed by atoms with E-state index < -0.39 is 17.4 Å². The van der Waals surface area contributed by atoms with E-state index in [0.717, 1.165) is 5.56 Å². The number of carbonyl (C=O) groups is 2. The summed E-state index contributed by atoms with van der Waals surface area (Å²) in [5.41, 5.74) is 0.237. The Hall–Kier alpha value is -2.57. The number of nitrogens with zero attached hydrogens (tertiary/aromatic N) is 1. The maximum absolute atomic E-state index is 13.1. The maximum atomic E-state index is 13.1. The second-order valence-electron chi connectivity index (χ2n) is 7.52. The molecular weight excluding hydrogens is 380 g/mol. The Kier molecular flexibility index (Phi) is 4.07. The first-order valence-electron chi connectivity index (χ1n) is 9.26. The number of fused-ring (bicyclic) bond motifs is 1. The second-order valence-corrected chi connectivity index (χ2v) is 7.95. The zero-order valence-corrected chi connectivity index (χ0v) is 15.8. The summed E-state index contributed by atoms with van der Waals surface area (Å²) in [5.74, 6) is -0.527. The average molecular weight is 399 g/mol. The molecule has 1 N–H and O–H groups in total. The lowest BCUT2D eigenvalue weighted by atomic mass is 9.77. The minimum absolute atomic E-state index is 0.0603. The molecule has 28 heavy (non-hydrogen) atoms. The van der Waals surface area contributed by atoms with Gasteiger partial charge in [-0.05, 0) is 29.8 Å². The fraction of sp³-hybridized carbons (Fsp3) is 0.333. The molecule has 144 valence electrons. The van der Waals surface area contributed by atoms with E-state index in [1.807, 2.05) is 30.4 Å². The van der Waals surface area contributed by atoms with Crippen molar-refractivity contribution in [2.75, 3.05) is 6.54 Å². The van der Waals surface area contributed by atoms with Crippen LogP contribution >= 0.6 is 11.6 Å². The molecule has 0 radical (unpaired) electrons. The summed E-state index contributed by atoms with van der Waals surface area (Å²) in [4.78, 5) is 27.8. The van der Waals surface area contributed by atoms with Crippen LogP contribution in [0.3, 0.4) is 0 Å². The maximum Gasteiger partial charge on any atom is 0.230 e. The minimum Gasteiger partial charge on any atom is -0.467 e. The molecule has 3 aliphatic heterocycles.